The zero-order chi connectivity index (χ0) is 21.2. The molecule has 1 aliphatic rings. The first-order valence-corrected chi connectivity index (χ1v) is 12.4. The zero-order valence-corrected chi connectivity index (χ0v) is 17.2. The van der Waals surface area contributed by atoms with Crippen molar-refractivity contribution >= 4 is 18.2 Å². The van der Waals surface area contributed by atoms with Gasteiger partial charge in [0, 0.05) is 17.5 Å². The van der Waals surface area contributed by atoms with Gasteiger partial charge >= 0.3 is 5.51 Å². The van der Waals surface area contributed by atoms with Crippen LogP contribution in [0.3, 0.4) is 0 Å². The van der Waals surface area contributed by atoms with Crippen molar-refractivity contribution in [1.82, 2.24) is 0 Å². The molecular weight excluding hydrogens is 411 g/mol. The van der Waals surface area contributed by atoms with Crippen LogP contribution in [0, 0.1) is 0 Å². The molecule has 0 saturated carbocycles. The first-order valence-electron chi connectivity index (χ1n) is 8.05. The molecule has 1 aromatic rings. The first kappa shape index (κ1) is 22.1. The van der Waals surface area contributed by atoms with E-state index < -0.39 is 68.9 Å². The van der Waals surface area contributed by atoms with Crippen LogP contribution in [-0.2, 0) is 20.7 Å². The number of rotatable bonds is 3. The summed E-state index contributed by atoms with van der Waals surface area (Å²) in [6.45, 7) is 8.51. The average molecular weight is 432 g/mol. The van der Waals surface area contributed by atoms with Gasteiger partial charge in [-0.2, -0.15) is 13.2 Å². The van der Waals surface area contributed by atoms with Crippen molar-refractivity contribution in [1.29, 1.82) is 0 Å². The maximum atomic E-state index is 14.7. The molecule has 1 aliphatic carbocycles. The molecule has 0 aliphatic heterocycles. The van der Waals surface area contributed by atoms with Crippen molar-refractivity contribution < 1.29 is 39.9 Å². The lowest BCUT2D eigenvalue weighted by Crippen LogP contribution is -2.44. The minimum Gasteiger partial charge on any atom is -0.508 e. The number of hydrogen-bond acceptors (Lipinski definition) is 4. The van der Waals surface area contributed by atoms with Crippen molar-refractivity contribution in [2.45, 2.75) is 67.8 Å². The van der Waals surface area contributed by atoms with E-state index in [0.29, 0.717) is 12.1 Å². The highest BCUT2D eigenvalue weighted by molar-refractivity contribution is 7.92. The summed E-state index contributed by atoms with van der Waals surface area (Å²) in [5, 5.41) is 9.33. The smallest absolute Gasteiger partial charge is 0.501 e. The molecule has 11 heteroatoms. The van der Waals surface area contributed by atoms with E-state index in [-0.39, 0.29) is 0 Å². The van der Waals surface area contributed by atoms with Gasteiger partial charge in [-0.25, -0.2) is 17.2 Å². The van der Waals surface area contributed by atoms with Crippen LogP contribution < -0.4 is 0 Å². The second-order valence-electron chi connectivity index (χ2n) is 8.12. The molecule has 0 amide bonds. The number of phenols is 1. The lowest BCUT2D eigenvalue weighted by Gasteiger charge is -2.40. The van der Waals surface area contributed by atoms with Crippen LogP contribution >= 0.6 is 0 Å². The van der Waals surface area contributed by atoms with Crippen LogP contribution in [0.1, 0.15) is 38.0 Å². The SMILES string of the molecule is CC(C)(C)[Si](C)(C)O[C@H]1c2c(S(=O)(=O)C(F)(F)F)ccc(O)c2CC1(F)F. The van der Waals surface area contributed by atoms with E-state index in [9.17, 15) is 35.5 Å². The van der Waals surface area contributed by atoms with Gasteiger partial charge in [-0.15, -0.1) is 0 Å². The molecule has 0 bridgehead atoms. The minimum absolute atomic E-state index is 0.500. The molecule has 1 aromatic carbocycles. The maximum absolute atomic E-state index is 14.7. The highest BCUT2D eigenvalue weighted by Crippen LogP contribution is 2.54. The predicted molar refractivity (Wildman–Crippen MR) is 91.0 cm³/mol. The van der Waals surface area contributed by atoms with E-state index in [0.717, 1.165) is 0 Å². The highest BCUT2D eigenvalue weighted by atomic mass is 32.2. The number of halogens is 5. The normalized spacial score (nSPS) is 20.6. The number of alkyl halides is 5. The van der Waals surface area contributed by atoms with Crippen molar-refractivity contribution in [3.63, 3.8) is 0 Å². The fourth-order valence-corrected chi connectivity index (χ4v) is 4.87. The lowest BCUT2D eigenvalue weighted by atomic mass is 10.1. The summed E-state index contributed by atoms with van der Waals surface area (Å²) < 4.78 is 98.1. The second-order valence-corrected chi connectivity index (χ2v) is 14.8. The standard InChI is InChI=1S/C16H21F5O4SSi/c1-14(2,3)27(4,5)25-13-12-9(8-15(13,17)18)10(22)6-7-11(12)26(23,24)16(19,20)21/h6-7,13,22H,8H2,1-5H3/t13-/m0/s1. The third kappa shape index (κ3) is 3.60. The zero-order valence-electron chi connectivity index (χ0n) is 15.4. The summed E-state index contributed by atoms with van der Waals surface area (Å²) in [6, 6.07) is 1.18. The molecular formula is C16H21F5O4SSi. The summed E-state index contributed by atoms with van der Waals surface area (Å²) in [4.78, 5) is -1.30. The Morgan fingerprint density at radius 2 is 1.70 bits per heavy atom. The molecule has 2 rings (SSSR count). The molecule has 0 fully saturated rings. The third-order valence-electron chi connectivity index (χ3n) is 5.16. The van der Waals surface area contributed by atoms with Gasteiger partial charge in [0.1, 0.15) is 11.9 Å². The van der Waals surface area contributed by atoms with Gasteiger partial charge in [-0.1, -0.05) is 20.8 Å². The molecule has 4 nitrogen and oxygen atoms in total. The Bertz CT molecular complexity index is 857. The molecule has 1 atom stereocenters. The number of fused-ring (bicyclic) bond motifs is 1. The summed E-state index contributed by atoms with van der Waals surface area (Å²) in [6.07, 6.45) is -3.29. The molecule has 0 radical (unpaired) electrons. The molecule has 0 unspecified atom stereocenters. The number of aromatic hydroxyl groups is 1. The summed E-state index contributed by atoms with van der Waals surface area (Å²) in [5.41, 5.74) is -7.01. The number of sulfone groups is 1. The molecule has 154 valence electrons. The Balaban J connectivity index is 2.75. The van der Waals surface area contributed by atoms with Gasteiger partial charge < -0.3 is 9.53 Å². The molecule has 0 aromatic heterocycles. The topological polar surface area (TPSA) is 63.6 Å². The second kappa shape index (κ2) is 6.15. The number of phenolic OH excluding ortho intramolecular Hbond substituents is 1. The first-order chi connectivity index (χ1) is 11.8. The Kier molecular flexibility index (Phi) is 5.03. The molecule has 1 N–H and O–H groups in total. The van der Waals surface area contributed by atoms with Crippen LogP contribution in [0.5, 0.6) is 5.75 Å². The highest BCUT2D eigenvalue weighted by Gasteiger charge is 2.57. The fourth-order valence-electron chi connectivity index (χ4n) is 2.62. The van der Waals surface area contributed by atoms with E-state index in [4.69, 9.17) is 4.43 Å². The number of benzene rings is 1. The predicted octanol–water partition coefficient (Wildman–Crippen LogP) is 4.94. The van der Waals surface area contributed by atoms with Gasteiger partial charge in [-0.05, 0) is 30.3 Å². The van der Waals surface area contributed by atoms with E-state index in [1.807, 2.05) is 0 Å². The Hall–Kier alpha value is -1.20. The van der Waals surface area contributed by atoms with Crippen LogP contribution in [0.4, 0.5) is 22.0 Å². The van der Waals surface area contributed by atoms with Crippen LogP contribution in [0.25, 0.3) is 0 Å². The Morgan fingerprint density at radius 3 is 2.15 bits per heavy atom. The van der Waals surface area contributed by atoms with E-state index >= 15 is 0 Å². The maximum Gasteiger partial charge on any atom is 0.501 e. The summed E-state index contributed by atoms with van der Waals surface area (Å²) in [7, 11) is -8.81. The van der Waals surface area contributed by atoms with E-state index in [1.54, 1.807) is 33.9 Å². The third-order valence-corrected chi connectivity index (χ3v) is 11.1. The van der Waals surface area contributed by atoms with Crippen molar-refractivity contribution in [2.24, 2.45) is 0 Å². The van der Waals surface area contributed by atoms with Crippen LogP contribution in [0.2, 0.25) is 18.1 Å². The van der Waals surface area contributed by atoms with Gasteiger partial charge in [0.05, 0.1) is 4.90 Å². The monoisotopic (exact) mass is 432 g/mol. The Labute approximate surface area is 155 Å². The molecule has 0 spiro atoms. The lowest BCUT2D eigenvalue weighted by molar-refractivity contribution is -0.0911. The van der Waals surface area contributed by atoms with Gasteiger partial charge in [0.2, 0.25) is 0 Å². The minimum atomic E-state index is -5.90. The van der Waals surface area contributed by atoms with Crippen LogP contribution in [-0.4, -0.2) is 33.3 Å². The molecule has 0 saturated heterocycles. The van der Waals surface area contributed by atoms with Gasteiger partial charge in [0.15, 0.2) is 8.32 Å². The quantitative estimate of drug-likeness (QED) is 0.543. The van der Waals surface area contributed by atoms with E-state index in [2.05, 4.69) is 0 Å². The fraction of sp³-hybridized carbons (Fsp3) is 0.625. The number of hydrogen-bond donors (Lipinski definition) is 1. The molecule has 0 heterocycles. The van der Waals surface area contributed by atoms with Crippen molar-refractivity contribution in [3.05, 3.63) is 23.3 Å². The van der Waals surface area contributed by atoms with Crippen molar-refractivity contribution in [2.75, 3.05) is 0 Å². The summed E-state index contributed by atoms with van der Waals surface area (Å²) >= 11 is 0. The van der Waals surface area contributed by atoms with Crippen LogP contribution in [0.15, 0.2) is 17.0 Å². The largest absolute Gasteiger partial charge is 0.508 e. The summed E-state index contributed by atoms with van der Waals surface area (Å²) in [5.74, 6) is -4.35. The van der Waals surface area contributed by atoms with Crippen molar-refractivity contribution in [3.8, 4) is 5.75 Å². The average Bonchev–Trinajstić information content (AvgIpc) is 2.69. The molecule has 27 heavy (non-hydrogen) atoms. The Morgan fingerprint density at radius 1 is 1.19 bits per heavy atom. The van der Waals surface area contributed by atoms with E-state index in [1.165, 1.54) is 0 Å². The van der Waals surface area contributed by atoms with Gasteiger partial charge in [-0.3, -0.25) is 0 Å². The van der Waals surface area contributed by atoms with Gasteiger partial charge in [0.25, 0.3) is 15.8 Å².